The monoisotopic (exact) mass is 280 g/mol. The van der Waals surface area contributed by atoms with Gasteiger partial charge in [0.1, 0.15) is 0 Å². The molecule has 2 atom stereocenters. The van der Waals surface area contributed by atoms with Crippen LogP contribution < -0.4 is 5.32 Å². The molecule has 2 heterocycles. The quantitative estimate of drug-likeness (QED) is 0.782. The maximum Gasteiger partial charge on any atom is 0.240 e. The standard InChI is InChI=1S/C11H20N2O2S.ClH/c1-8(14)9-2-4-13(5-3-9)11(15)10-6-16-7-12-10;/h8-10,12,14H,2-7H2,1H3;1H. The molecular weight excluding hydrogens is 260 g/mol. The minimum absolute atomic E-state index is 0. The number of hydrogen-bond acceptors (Lipinski definition) is 4. The molecule has 0 aromatic heterocycles. The number of piperidine rings is 1. The van der Waals surface area contributed by atoms with E-state index in [0.717, 1.165) is 37.6 Å². The van der Waals surface area contributed by atoms with Gasteiger partial charge in [-0.2, -0.15) is 0 Å². The number of rotatable bonds is 2. The molecule has 2 fully saturated rings. The molecule has 2 aliphatic heterocycles. The number of hydrogen-bond donors (Lipinski definition) is 2. The largest absolute Gasteiger partial charge is 0.393 e. The first kappa shape index (κ1) is 15.1. The van der Waals surface area contributed by atoms with Gasteiger partial charge >= 0.3 is 0 Å². The van der Waals surface area contributed by atoms with Crippen molar-refractivity contribution in [3.8, 4) is 0 Å². The molecule has 6 heteroatoms. The van der Waals surface area contributed by atoms with Gasteiger partial charge in [0.15, 0.2) is 0 Å². The Hall–Kier alpha value is 0.0300. The van der Waals surface area contributed by atoms with Crippen molar-refractivity contribution in [2.24, 2.45) is 5.92 Å². The van der Waals surface area contributed by atoms with Crippen LogP contribution in [0.5, 0.6) is 0 Å². The Morgan fingerprint density at radius 2 is 2.12 bits per heavy atom. The number of likely N-dealkylation sites (tertiary alicyclic amines) is 1. The van der Waals surface area contributed by atoms with Crippen molar-refractivity contribution in [2.45, 2.75) is 31.9 Å². The minimum Gasteiger partial charge on any atom is -0.393 e. The SMILES string of the molecule is CC(O)C1CCN(C(=O)C2CSCN2)CC1.Cl. The molecule has 0 aromatic carbocycles. The molecule has 0 saturated carbocycles. The van der Waals surface area contributed by atoms with Crippen LogP contribution in [0.1, 0.15) is 19.8 Å². The molecule has 2 saturated heterocycles. The summed E-state index contributed by atoms with van der Waals surface area (Å²) in [6.45, 7) is 3.45. The third kappa shape index (κ3) is 3.74. The van der Waals surface area contributed by atoms with Crippen LogP contribution in [0.25, 0.3) is 0 Å². The van der Waals surface area contributed by atoms with Crippen LogP contribution in [0.2, 0.25) is 0 Å². The number of thioether (sulfide) groups is 1. The molecule has 0 aromatic rings. The van der Waals surface area contributed by atoms with E-state index >= 15 is 0 Å². The second kappa shape index (κ2) is 6.83. The predicted molar refractivity (Wildman–Crippen MR) is 72.5 cm³/mol. The molecule has 2 N–H and O–H groups in total. The molecule has 0 aliphatic carbocycles. The zero-order valence-corrected chi connectivity index (χ0v) is 11.7. The number of nitrogens with one attached hydrogen (secondary N) is 1. The van der Waals surface area contributed by atoms with Gasteiger partial charge in [-0.05, 0) is 25.7 Å². The fourth-order valence-electron chi connectivity index (χ4n) is 2.38. The average Bonchev–Trinajstić information content (AvgIpc) is 2.81. The topological polar surface area (TPSA) is 52.6 Å². The normalized spacial score (nSPS) is 27.6. The van der Waals surface area contributed by atoms with Crippen molar-refractivity contribution in [3.63, 3.8) is 0 Å². The van der Waals surface area contributed by atoms with E-state index in [0.29, 0.717) is 5.92 Å². The van der Waals surface area contributed by atoms with E-state index in [-0.39, 0.29) is 30.5 Å². The van der Waals surface area contributed by atoms with Crippen molar-refractivity contribution in [1.82, 2.24) is 10.2 Å². The van der Waals surface area contributed by atoms with E-state index in [1.807, 2.05) is 11.8 Å². The number of carbonyl (C=O) groups is 1. The van der Waals surface area contributed by atoms with Gasteiger partial charge in [0.2, 0.25) is 5.91 Å². The van der Waals surface area contributed by atoms with Crippen LogP contribution in [0.4, 0.5) is 0 Å². The second-order valence-corrected chi connectivity index (χ2v) is 5.71. The summed E-state index contributed by atoms with van der Waals surface area (Å²) in [7, 11) is 0. The van der Waals surface area contributed by atoms with Crippen molar-refractivity contribution in [2.75, 3.05) is 24.7 Å². The van der Waals surface area contributed by atoms with Crippen molar-refractivity contribution < 1.29 is 9.90 Å². The lowest BCUT2D eigenvalue weighted by molar-refractivity contribution is -0.134. The number of nitrogens with zero attached hydrogens (tertiary/aromatic N) is 1. The summed E-state index contributed by atoms with van der Waals surface area (Å²) in [6.07, 6.45) is 1.63. The number of aliphatic hydroxyl groups excluding tert-OH is 1. The minimum atomic E-state index is -0.239. The Balaban J connectivity index is 0.00000144. The molecule has 2 unspecified atom stereocenters. The number of aliphatic hydroxyl groups is 1. The molecule has 1 amide bonds. The van der Waals surface area contributed by atoms with Gasteiger partial charge < -0.3 is 10.0 Å². The summed E-state index contributed by atoms with van der Waals surface area (Å²) in [5.41, 5.74) is 0. The summed E-state index contributed by atoms with van der Waals surface area (Å²) in [4.78, 5) is 14.0. The molecule has 2 aliphatic rings. The Kier molecular flexibility index (Phi) is 6.06. The Morgan fingerprint density at radius 1 is 1.47 bits per heavy atom. The zero-order valence-electron chi connectivity index (χ0n) is 10.1. The van der Waals surface area contributed by atoms with Crippen LogP contribution in [0.15, 0.2) is 0 Å². The van der Waals surface area contributed by atoms with E-state index in [1.165, 1.54) is 0 Å². The number of halogens is 1. The van der Waals surface area contributed by atoms with Gasteiger partial charge in [0, 0.05) is 24.7 Å². The van der Waals surface area contributed by atoms with Gasteiger partial charge in [-0.1, -0.05) is 0 Å². The van der Waals surface area contributed by atoms with E-state index in [2.05, 4.69) is 5.32 Å². The highest BCUT2D eigenvalue weighted by Crippen LogP contribution is 2.22. The van der Waals surface area contributed by atoms with Gasteiger partial charge in [-0.25, -0.2) is 0 Å². The number of carbonyl (C=O) groups excluding carboxylic acids is 1. The summed E-state index contributed by atoms with van der Waals surface area (Å²) in [5, 5.41) is 12.7. The first-order valence-electron chi connectivity index (χ1n) is 5.96. The molecule has 0 spiro atoms. The smallest absolute Gasteiger partial charge is 0.240 e. The van der Waals surface area contributed by atoms with Crippen LogP contribution in [0.3, 0.4) is 0 Å². The lowest BCUT2D eigenvalue weighted by atomic mass is 9.92. The number of amides is 1. The van der Waals surface area contributed by atoms with E-state index < -0.39 is 0 Å². The summed E-state index contributed by atoms with van der Waals surface area (Å²) < 4.78 is 0. The first-order chi connectivity index (χ1) is 7.68. The first-order valence-corrected chi connectivity index (χ1v) is 7.12. The summed E-state index contributed by atoms with van der Waals surface area (Å²) >= 11 is 1.78. The molecule has 4 nitrogen and oxygen atoms in total. The van der Waals surface area contributed by atoms with E-state index in [4.69, 9.17) is 0 Å². The maximum atomic E-state index is 12.1. The van der Waals surface area contributed by atoms with Crippen molar-refractivity contribution in [1.29, 1.82) is 0 Å². The summed E-state index contributed by atoms with van der Waals surface area (Å²) in [5.74, 6) is 2.40. The highest BCUT2D eigenvalue weighted by Gasteiger charge is 2.30. The third-order valence-electron chi connectivity index (χ3n) is 3.55. The van der Waals surface area contributed by atoms with Crippen LogP contribution in [-0.4, -0.2) is 52.8 Å². The Labute approximate surface area is 113 Å². The van der Waals surface area contributed by atoms with Gasteiger partial charge in [0.05, 0.1) is 12.1 Å². The lowest BCUT2D eigenvalue weighted by Gasteiger charge is -2.34. The molecular formula is C11H21ClN2O2S. The molecule has 100 valence electrons. The summed E-state index contributed by atoms with van der Waals surface area (Å²) in [6, 6.07) is 0.0214. The highest BCUT2D eigenvalue weighted by molar-refractivity contribution is 7.99. The Morgan fingerprint density at radius 3 is 2.59 bits per heavy atom. The van der Waals surface area contributed by atoms with Gasteiger partial charge in [-0.15, -0.1) is 24.2 Å². The van der Waals surface area contributed by atoms with Gasteiger partial charge in [-0.3, -0.25) is 10.1 Å². The molecule has 2 rings (SSSR count). The zero-order chi connectivity index (χ0) is 11.5. The van der Waals surface area contributed by atoms with Crippen LogP contribution >= 0.6 is 24.2 Å². The van der Waals surface area contributed by atoms with Crippen molar-refractivity contribution >= 4 is 30.1 Å². The highest BCUT2D eigenvalue weighted by atomic mass is 35.5. The molecule has 0 radical (unpaired) electrons. The molecule has 17 heavy (non-hydrogen) atoms. The Bertz CT molecular complexity index is 252. The van der Waals surface area contributed by atoms with Crippen LogP contribution in [-0.2, 0) is 4.79 Å². The van der Waals surface area contributed by atoms with Gasteiger partial charge in [0.25, 0.3) is 0 Å². The lowest BCUT2D eigenvalue weighted by Crippen LogP contribution is -2.48. The third-order valence-corrected chi connectivity index (χ3v) is 4.49. The second-order valence-electron chi connectivity index (χ2n) is 4.68. The fraction of sp³-hybridized carbons (Fsp3) is 0.909. The van der Waals surface area contributed by atoms with E-state index in [9.17, 15) is 9.90 Å². The van der Waals surface area contributed by atoms with E-state index in [1.54, 1.807) is 11.8 Å². The fourth-order valence-corrected chi connectivity index (χ4v) is 3.31. The molecule has 0 bridgehead atoms. The predicted octanol–water partition coefficient (Wildman–Crippen LogP) is 0.690. The van der Waals surface area contributed by atoms with Crippen molar-refractivity contribution in [3.05, 3.63) is 0 Å². The average molecular weight is 281 g/mol. The van der Waals surface area contributed by atoms with Crippen LogP contribution in [0, 0.1) is 5.92 Å². The maximum absolute atomic E-state index is 12.1.